The summed E-state index contributed by atoms with van der Waals surface area (Å²) in [6.07, 6.45) is 0. The smallest absolute Gasteiger partial charge is 0.117 e. The number of imidazole rings is 2. The Morgan fingerprint density at radius 3 is 1.43 bits per heavy atom. The van der Waals surface area contributed by atoms with E-state index in [0.717, 1.165) is 22.7 Å². The maximum absolute atomic E-state index is 5.39. The summed E-state index contributed by atoms with van der Waals surface area (Å²) < 4.78 is 4.69. The first-order chi connectivity index (χ1) is 16.2. The van der Waals surface area contributed by atoms with E-state index in [1.54, 1.807) is 0 Å². The molecule has 0 amide bonds. The van der Waals surface area contributed by atoms with Gasteiger partial charge in [0.1, 0.15) is 11.6 Å². The summed E-state index contributed by atoms with van der Waals surface area (Å²) in [5, 5.41) is 0. The van der Waals surface area contributed by atoms with Crippen LogP contribution in [0.3, 0.4) is 0 Å². The molecule has 1 aliphatic carbocycles. The fourth-order valence-corrected chi connectivity index (χ4v) is 7.99. The lowest BCUT2D eigenvalue weighted by Crippen LogP contribution is -2.73. The van der Waals surface area contributed by atoms with Gasteiger partial charge in [-0.3, -0.25) is 0 Å². The van der Waals surface area contributed by atoms with Crippen molar-refractivity contribution in [3.05, 3.63) is 60.2 Å². The number of nitrogens with zero attached hydrogens (tertiary/aromatic N) is 4. The number of benzene rings is 2. The summed E-state index contributed by atoms with van der Waals surface area (Å²) in [4.78, 5) is 10.8. The molecule has 1 fully saturated rings. The lowest BCUT2D eigenvalue weighted by atomic mass is 9.31. The standard InChI is InChI=1S/C31H42N4/c1-20-27(2,3)29(6,7)31(9,26-33-22-17-13-15-19-24(22)35(26)11)30(8,28(20,4)5)25-32-21-16-12-14-18-23(21)34(25)10/h12-20H,1-11H3. The third-order valence-corrected chi connectivity index (χ3v) is 11.8. The zero-order valence-corrected chi connectivity index (χ0v) is 23.5. The van der Waals surface area contributed by atoms with Gasteiger partial charge in [-0.15, -0.1) is 0 Å². The second-order valence-corrected chi connectivity index (χ2v) is 13.0. The van der Waals surface area contributed by atoms with Crippen LogP contribution < -0.4 is 0 Å². The van der Waals surface area contributed by atoms with Gasteiger partial charge in [-0.2, -0.15) is 0 Å². The summed E-state index contributed by atoms with van der Waals surface area (Å²) >= 11 is 0. The van der Waals surface area contributed by atoms with E-state index < -0.39 is 0 Å². The van der Waals surface area contributed by atoms with E-state index in [2.05, 4.69) is 134 Å². The summed E-state index contributed by atoms with van der Waals surface area (Å²) in [7, 11) is 4.39. The molecule has 3 unspecified atom stereocenters. The molecule has 0 saturated heterocycles. The largest absolute Gasteiger partial charge is 0.331 e. The minimum atomic E-state index is -0.331. The number of hydrogen-bond acceptors (Lipinski definition) is 2. The molecule has 2 heterocycles. The predicted octanol–water partition coefficient (Wildman–Crippen LogP) is 7.40. The van der Waals surface area contributed by atoms with Crippen molar-refractivity contribution >= 4 is 22.1 Å². The Kier molecular flexibility index (Phi) is 4.81. The molecule has 35 heavy (non-hydrogen) atoms. The molecule has 2 aromatic heterocycles. The van der Waals surface area contributed by atoms with Crippen LogP contribution in [0.1, 0.15) is 74.0 Å². The van der Waals surface area contributed by atoms with Crippen LogP contribution in [-0.2, 0) is 24.9 Å². The SMILES string of the molecule is CC1C(C)(C)C(C)(C)C(C)(c2nc3ccccc3n2C)C(C)(c2nc3ccccc3n2C)C1(C)C. The summed E-state index contributed by atoms with van der Waals surface area (Å²) in [6, 6.07) is 17.1. The highest BCUT2D eigenvalue weighted by atomic mass is 15.1. The Hall–Kier alpha value is -2.62. The zero-order valence-electron chi connectivity index (χ0n) is 23.5. The molecule has 1 saturated carbocycles. The van der Waals surface area contributed by atoms with Gasteiger partial charge in [0.15, 0.2) is 0 Å². The minimum Gasteiger partial charge on any atom is -0.331 e. The molecule has 2 aromatic carbocycles. The molecule has 0 aliphatic heterocycles. The Labute approximate surface area is 210 Å². The molecule has 1 aliphatic rings. The number of aromatic nitrogens is 4. The van der Waals surface area contributed by atoms with E-state index in [4.69, 9.17) is 9.97 Å². The number of hydrogen-bond donors (Lipinski definition) is 0. The molecular weight excluding hydrogens is 428 g/mol. The lowest BCUT2D eigenvalue weighted by Gasteiger charge is -2.72. The highest BCUT2D eigenvalue weighted by molar-refractivity contribution is 5.77. The Balaban J connectivity index is 1.97. The quantitative estimate of drug-likeness (QED) is 0.306. The fraction of sp³-hybridized carbons (Fsp3) is 0.548. The average molecular weight is 471 g/mol. The average Bonchev–Trinajstić information content (AvgIpc) is 3.34. The first-order valence-electron chi connectivity index (χ1n) is 13.0. The van der Waals surface area contributed by atoms with Crippen molar-refractivity contribution < 1.29 is 0 Å². The molecule has 0 radical (unpaired) electrons. The minimum absolute atomic E-state index is 0.0491. The van der Waals surface area contributed by atoms with Gasteiger partial charge in [0, 0.05) is 24.9 Å². The second-order valence-electron chi connectivity index (χ2n) is 13.0. The monoisotopic (exact) mass is 470 g/mol. The molecule has 0 spiro atoms. The Morgan fingerprint density at radius 1 is 0.600 bits per heavy atom. The highest BCUT2D eigenvalue weighted by Crippen LogP contribution is 2.74. The van der Waals surface area contributed by atoms with Gasteiger partial charge in [0.25, 0.3) is 0 Å². The molecule has 4 nitrogen and oxygen atoms in total. The fourth-order valence-electron chi connectivity index (χ4n) is 7.99. The number of fused-ring (bicyclic) bond motifs is 2. The van der Waals surface area contributed by atoms with Gasteiger partial charge in [-0.1, -0.05) is 86.6 Å². The molecule has 5 rings (SSSR count). The molecule has 4 heteroatoms. The second kappa shape index (κ2) is 6.99. The van der Waals surface area contributed by atoms with Gasteiger partial charge >= 0.3 is 0 Å². The van der Waals surface area contributed by atoms with Crippen LogP contribution in [0.25, 0.3) is 22.1 Å². The van der Waals surface area contributed by atoms with Gasteiger partial charge in [-0.05, 0) is 46.4 Å². The van der Waals surface area contributed by atoms with E-state index in [-0.39, 0.29) is 27.1 Å². The van der Waals surface area contributed by atoms with Crippen molar-refractivity contribution in [1.29, 1.82) is 0 Å². The summed E-state index contributed by atoms with van der Waals surface area (Å²) in [5.41, 5.74) is 3.71. The number of aryl methyl sites for hydroxylation is 2. The Morgan fingerprint density at radius 2 is 1.00 bits per heavy atom. The first kappa shape index (κ1) is 24.1. The van der Waals surface area contributed by atoms with E-state index >= 15 is 0 Å². The van der Waals surface area contributed by atoms with Crippen LogP contribution in [0.4, 0.5) is 0 Å². The van der Waals surface area contributed by atoms with Gasteiger partial charge < -0.3 is 9.13 Å². The van der Waals surface area contributed by atoms with E-state index in [1.807, 2.05) is 0 Å². The van der Waals surface area contributed by atoms with Crippen molar-refractivity contribution in [2.24, 2.45) is 36.3 Å². The number of rotatable bonds is 2. The van der Waals surface area contributed by atoms with Gasteiger partial charge in [0.05, 0.1) is 22.1 Å². The van der Waals surface area contributed by atoms with Crippen molar-refractivity contribution in [2.45, 2.75) is 73.1 Å². The maximum atomic E-state index is 5.39. The van der Waals surface area contributed by atoms with Crippen LogP contribution in [0.2, 0.25) is 0 Å². The van der Waals surface area contributed by atoms with Crippen molar-refractivity contribution in [3.8, 4) is 0 Å². The van der Waals surface area contributed by atoms with E-state index in [1.165, 1.54) is 11.0 Å². The molecule has 4 aromatic rings. The maximum Gasteiger partial charge on any atom is 0.117 e. The summed E-state index contributed by atoms with van der Waals surface area (Å²) in [6.45, 7) is 22.2. The van der Waals surface area contributed by atoms with Crippen molar-refractivity contribution in [3.63, 3.8) is 0 Å². The topological polar surface area (TPSA) is 35.6 Å². The molecule has 186 valence electrons. The Bertz CT molecular complexity index is 1450. The number of para-hydroxylation sites is 4. The molecular formula is C31H42N4. The predicted molar refractivity (Wildman–Crippen MR) is 147 cm³/mol. The first-order valence-corrected chi connectivity index (χ1v) is 13.0. The van der Waals surface area contributed by atoms with Gasteiger partial charge in [-0.25, -0.2) is 9.97 Å². The van der Waals surface area contributed by atoms with Crippen molar-refractivity contribution in [2.75, 3.05) is 0 Å². The zero-order chi connectivity index (χ0) is 25.8. The molecule has 3 atom stereocenters. The molecule has 0 bridgehead atoms. The van der Waals surface area contributed by atoms with E-state index in [9.17, 15) is 0 Å². The third-order valence-electron chi connectivity index (χ3n) is 11.8. The highest BCUT2D eigenvalue weighted by Gasteiger charge is 2.74. The molecule has 0 N–H and O–H groups in total. The lowest BCUT2D eigenvalue weighted by molar-refractivity contribution is -0.191. The van der Waals surface area contributed by atoms with Crippen LogP contribution >= 0.6 is 0 Å². The van der Waals surface area contributed by atoms with Crippen LogP contribution in [-0.4, -0.2) is 19.1 Å². The van der Waals surface area contributed by atoms with Gasteiger partial charge in [0.2, 0.25) is 0 Å². The van der Waals surface area contributed by atoms with Crippen molar-refractivity contribution in [1.82, 2.24) is 19.1 Å². The van der Waals surface area contributed by atoms with Crippen LogP contribution in [0.5, 0.6) is 0 Å². The third kappa shape index (κ3) is 2.53. The van der Waals surface area contributed by atoms with Crippen LogP contribution in [0.15, 0.2) is 48.5 Å². The summed E-state index contributed by atoms with van der Waals surface area (Å²) in [5.74, 6) is 2.73. The van der Waals surface area contributed by atoms with Crippen LogP contribution in [0, 0.1) is 22.2 Å². The normalized spacial score (nSPS) is 29.6. The van der Waals surface area contributed by atoms with E-state index in [0.29, 0.717) is 5.92 Å².